The van der Waals surface area contributed by atoms with Crippen LogP contribution < -0.4 is 0 Å². The first kappa shape index (κ1) is 16.7. The van der Waals surface area contributed by atoms with Gasteiger partial charge in [-0.2, -0.15) is 0 Å². The van der Waals surface area contributed by atoms with Gasteiger partial charge >= 0.3 is 0 Å². The highest BCUT2D eigenvalue weighted by molar-refractivity contribution is 5.79. The van der Waals surface area contributed by atoms with E-state index in [0.717, 1.165) is 31.7 Å². The number of rotatable bonds is 4. The van der Waals surface area contributed by atoms with Gasteiger partial charge in [-0.05, 0) is 30.5 Å². The molecule has 24 heavy (non-hydrogen) atoms. The molecule has 3 nitrogen and oxygen atoms in total. The van der Waals surface area contributed by atoms with Crippen LogP contribution in [0.1, 0.15) is 19.4 Å². The maximum absolute atomic E-state index is 12.5. The minimum absolute atomic E-state index is 0.242. The minimum atomic E-state index is 0.242. The first-order chi connectivity index (χ1) is 11.6. The van der Waals surface area contributed by atoms with Crippen LogP contribution in [0.4, 0.5) is 0 Å². The second-order valence-corrected chi connectivity index (χ2v) is 6.75. The lowest BCUT2D eigenvalue weighted by atomic mass is 10.0. The Labute approximate surface area is 144 Å². The lowest BCUT2D eigenvalue weighted by Crippen LogP contribution is -2.51. The molecule has 1 heterocycles. The van der Waals surface area contributed by atoms with E-state index in [1.165, 1.54) is 11.1 Å². The molecule has 1 aliphatic heterocycles. The van der Waals surface area contributed by atoms with Crippen molar-refractivity contribution in [2.45, 2.75) is 26.3 Å². The summed E-state index contributed by atoms with van der Waals surface area (Å²) in [7, 11) is 0. The van der Waals surface area contributed by atoms with E-state index in [2.05, 4.69) is 55.1 Å². The lowest BCUT2D eigenvalue weighted by molar-refractivity contribution is -0.132. The summed E-state index contributed by atoms with van der Waals surface area (Å²) in [5, 5.41) is 0. The van der Waals surface area contributed by atoms with E-state index < -0.39 is 0 Å². The second kappa shape index (κ2) is 7.63. The van der Waals surface area contributed by atoms with Gasteiger partial charge in [0.25, 0.3) is 0 Å². The van der Waals surface area contributed by atoms with Crippen molar-refractivity contribution in [3.05, 3.63) is 60.2 Å². The molecule has 0 bridgehead atoms. The van der Waals surface area contributed by atoms with E-state index >= 15 is 0 Å². The van der Waals surface area contributed by atoms with Gasteiger partial charge in [0.2, 0.25) is 5.91 Å². The van der Waals surface area contributed by atoms with Crippen molar-refractivity contribution in [3.8, 4) is 11.1 Å². The molecule has 0 N–H and O–H groups in total. The summed E-state index contributed by atoms with van der Waals surface area (Å²) >= 11 is 0. The van der Waals surface area contributed by atoms with Gasteiger partial charge in [0.15, 0.2) is 0 Å². The van der Waals surface area contributed by atoms with Crippen molar-refractivity contribution >= 4 is 5.91 Å². The Morgan fingerprint density at radius 2 is 1.46 bits per heavy atom. The highest BCUT2D eigenvalue weighted by atomic mass is 16.2. The van der Waals surface area contributed by atoms with E-state index in [1.54, 1.807) is 0 Å². The Morgan fingerprint density at radius 1 is 0.875 bits per heavy atom. The molecule has 0 atom stereocenters. The van der Waals surface area contributed by atoms with Crippen LogP contribution in [0, 0.1) is 0 Å². The molecule has 126 valence electrons. The fourth-order valence-electron chi connectivity index (χ4n) is 3.22. The van der Waals surface area contributed by atoms with Crippen molar-refractivity contribution in [1.82, 2.24) is 9.80 Å². The third-order valence-corrected chi connectivity index (χ3v) is 4.81. The van der Waals surface area contributed by atoms with Crippen LogP contribution in [0.5, 0.6) is 0 Å². The standard InChI is InChI=1S/C21H26N2O/c1-17(2)22-12-14-23(15-13-22)21(24)16-18-8-10-20(11-9-18)19-6-4-3-5-7-19/h3-11,17H,12-16H2,1-2H3. The third-order valence-electron chi connectivity index (χ3n) is 4.81. The number of nitrogens with zero attached hydrogens (tertiary/aromatic N) is 2. The van der Waals surface area contributed by atoms with Crippen LogP contribution in [0.25, 0.3) is 11.1 Å². The summed E-state index contributed by atoms with van der Waals surface area (Å²) in [4.78, 5) is 16.9. The van der Waals surface area contributed by atoms with Gasteiger partial charge in [-0.25, -0.2) is 0 Å². The molecule has 1 fully saturated rings. The number of hydrogen-bond acceptors (Lipinski definition) is 2. The van der Waals surface area contributed by atoms with Crippen LogP contribution in [0.2, 0.25) is 0 Å². The van der Waals surface area contributed by atoms with Crippen LogP contribution in [0.15, 0.2) is 54.6 Å². The predicted molar refractivity (Wildman–Crippen MR) is 98.9 cm³/mol. The van der Waals surface area contributed by atoms with Crippen LogP contribution in [-0.4, -0.2) is 47.9 Å². The van der Waals surface area contributed by atoms with Gasteiger partial charge in [0.05, 0.1) is 6.42 Å². The summed E-state index contributed by atoms with van der Waals surface area (Å²) < 4.78 is 0. The summed E-state index contributed by atoms with van der Waals surface area (Å²) in [6, 6.07) is 19.2. The molecule has 0 aliphatic carbocycles. The smallest absolute Gasteiger partial charge is 0.227 e. The van der Waals surface area contributed by atoms with E-state index in [4.69, 9.17) is 0 Å². The fourth-order valence-corrected chi connectivity index (χ4v) is 3.22. The molecule has 2 aromatic carbocycles. The highest BCUT2D eigenvalue weighted by Crippen LogP contribution is 2.19. The number of benzene rings is 2. The molecule has 2 aromatic rings. The Kier molecular flexibility index (Phi) is 5.31. The molecule has 3 rings (SSSR count). The number of piperazine rings is 1. The lowest BCUT2D eigenvalue weighted by Gasteiger charge is -2.37. The van der Waals surface area contributed by atoms with Crippen molar-refractivity contribution < 1.29 is 4.79 Å². The van der Waals surface area contributed by atoms with Gasteiger partial charge in [-0.15, -0.1) is 0 Å². The van der Waals surface area contributed by atoms with Gasteiger partial charge in [-0.3, -0.25) is 9.69 Å². The zero-order valence-electron chi connectivity index (χ0n) is 14.6. The summed E-state index contributed by atoms with van der Waals surface area (Å²) in [5.74, 6) is 0.242. The molecule has 0 aromatic heterocycles. The molecular formula is C21H26N2O. The molecule has 0 saturated carbocycles. The van der Waals surface area contributed by atoms with E-state index in [9.17, 15) is 4.79 Å². The van der Waals surface area contributed by atoms with Crippen molar-refractivity contribution in [3.63, 3.8) is 0 Å². The molecule has 3 heteroatoms. The molecule has 1 aliphatic rings. The highest BCUT2D eigenvalue weighted by Gasteiger charge is 2.22. The largest absolute Gasteiger partial charge is 0.340 e. The summed E-state index contributed by atoms with van der Waals surface area (Å²) in [5.41, 5.74) is 3.49. The van der Waals surface area contributed by atoms with Crippen LogP contribution in [-0.2, 0) is 11.2 Å². The average Bonchev–Trinajstić information content (AvgIpc) is 2.63. The average molecular weight is 322 g/mol. The fraction of sp³-hybridized carbons (Fsp3) is 0.381. The zero-order valence-corrected chi connectivity index (χ0v) is 14.6. The Hall–Kier alpha value is -2.13. The number of carbonyl (C=O) groups excluding carboxylic acids is 1. The van der Waals surface area contributed by atoms with E-state index in [1.807, 2.05) is 23.1 Å². The van der Waals surface area contributed by atoms with Gasteiger partial charge < -0.3 is 4.90 Å². The maximum atomic E-state index is 12.5. The third kappa shape index (κ3) is 4.04. The van der Waals surface area contributed by atoms with E-state index in [-0.39, 0.29) is 5.91 Å². The molecule has 1 amide bonds. The second-order valence-electron chi connectivity index (χ2n) is 6.75. The monoisotopic (exact) mass is 322 g/mol. The minimum Gasteiger partial charge on any atom is -0.340 e. The number of amides is 1. The first-order valence-electron chi connectivity index (χ1n) is 8.79. The topological polar surface area (TPSA) is 23.6 Å². The quantitative estimate of drug-likeness (QED) is 0.861. The Morgan fingerprint density at radius 3 is 2.04 bits per heavy atom. The van der Waals surface area contributed by atoms with Crippen molar-refractivity contribution in [1.29, 1.82) is 0 Å². The number of carbonyl (C=O) groups is 1. The van der Waals surface area contributed by atoms with E-state index in [0.29, 0.717) is 12.5 Å². The molecule has 1 saturated heterocycles. The number of hydrogen-bond donors (Lipinski definition) is 0. The van der Waals surface area contributed by atoms with Crippen molar-refractivity contribution in [2.75, 3.05) is 26.2 Å². The van der Waals surface area contributed by atoms with Gasteiger partial charge in [0, 0.05) is 32.2 Å². The zero-order chi connectivity index (χ0) is 16.9. The van der Waals surface area contributed by atoms with Gasteiger partial charge in [-0.1, -0.05) is 54.6 Å². The van der Waals surface area contributed by atoms with Crippen molar-refractivity contribution in [2.24, 2.45) is 0 Å². The summed E-state index contributed by atoms with van der Waals surface area (Å²) in [6.45, 7) is 8.09. The molecular weight excluding hydrogens is 296 g/mol. The predicted octanol–water partition coefficient (Wildman–Crippen LogP) is 3.45. The maximum Gasteiger partial charge on any atom is 0.227 e. The summed E-state index contributed by atoms with van der Waals surface area (Å²) in [6.07, 6.45) is 0.497. The Bertz CT molecular complexity index is 656. The van der Waals surface area contributed by atoms with Crippen LogP contribution >= 0.6 is 0 Å². The Balaban J connectivity index is 1.57. The van der Waals surface area contributed by atoms with Crippen LogP contribution in [0.3, 0.4) is 0 Å². The normalized spacial score (nSPS) is 15.7. The molecule has 0 unspecified atom stereocenters. The molecule has 0 radical (unpaired) electrons. The SMILES string of the molecule is CC(C)N1CCN(C(=O)Cc2ccc(-c3ccccc3)cc2)CC1. The van der Waals surface area contributed by atoms with Gasteiger partial charge in [0.1, 0.15) is 0 Å². The first-order valence-corrected chi connectivity index (χ1v) is 8.79. The molecule has 0 spiro atoms.